The third-order valence-corrected chi connectivity index (χ3v) is 7.09. The fourth-order valence-corrected chi connectivity index (χ4v) is 4.98. The van der Waals surface area contributed by atoms with Gasteiger partial charge in [0, 0.05) is 22.7 Å². The molecule has 2 N–H and O–H groups in total. The number of carbonyl (C=O) groups excluding carboxylic acids is 1. The number of hydrogen-bond donors (Lipinski definition) is 2. The summed E-state index contributed by atoms with van der Waals surface area (Å²) in [5, 5.41) is 18.7. The molecule has 0 radical (unpaired) electrons. The number of aromatic nitrogens is 2. The van der Waals surface area contributed by atoms with Crippen LogP contribution in [0.4, 0.5) is 0 Å². The number of aromatic hydroxyl groups is 1. The lowest BCUT2D eigenvalue weighted by atomic mass is 9.95. The van der Waals surface area contributed by atoms with E-state index in [0.717, 1.165) is 28.2 Å². The lowest BCUT2D eigenvalue weighted by Gasteiger charge is -2.27. The average molecular weight is 518 g/mol. The highest BCUT2D eigenvalue weighted by Crippen LogP contribution is 2.45. The second kappa shape index (κ2) is 10.2. The maximum Gasteiger partial charge on any atom is 0.273 e. The van der Waals surface area contributed by atoms with Crippen LogP contribution in [0, 0.1) is 6.92 Å². The minimum absolute atomic E-state index is 0.0575. The van der Waals surface area contributed by atoms with Crippen molar-refractivity contribution < 1.29 is 19.4 Å². The van der Waals surface area contributed by atoms with Crippen LogP contribution < -0.4 is 9.47 Å². The molecule has 1 amide bonds. The summed E-state index contributed by atoms with van der Waals surface area (Å²) < 4.78 is 11.0. The molecule has 5 rings (SSSR count). The van der Waals surface area contributed by atoms with Gasteiger partial charge in [-0.1, -0.05) is 35.9 Å². The summed E-state index contributed by atoms with van der Waals surface area (Å²) in [7, 11) is 1.64. The van der Waals surface area contributed by atoms with Crippen LogP contribution in [0.3, 0.4) is 0 Å². The molecule has 1 atom stereocenters. The van der Waals surface area contributed by atoms with E-state index in [1.807, 2.05) is 67.3 Å². The van der Waals surface area contributed by atoms with Gasteiger partial charge in [-0.3, -0.25) is 9.89 Å². The highest BCUT2D eigenvalue weighted by atomic mass is 35.5. The first kappa shape index (κ1) is 24.7. The van der Waals surface area contributed by atoms with Gasteiger partial charge in [0.15, 0.2) is 0 Å². The number of phenolic OH excluding ortho intramolecular Hbond substituents is 1. The van der Waals surface area contributed by atoms with E-state index >= 15 is 0 Å². The molecule has 0 fully saturated rings. The molecular weight excluding hydrogens is 490 g/mol. The number of hydrogen-bond acceptors (Lipinski definition) is 5. The summed E-state index contributed by atoms with van der Waals surface area (Å²) >= 11 is 6.41. The van der Waals surface area contributed by atoms with Gasteiger partial charge in [0.2, 0.25) is 0 Å². The molecule has 0 aliphatic carbocycles. The van der Waals surface area contributed by atoms with Crippen LogP contribution >= 0.6 is 11.6 Å². The minimum Gasteiger partial charge on any atom is -0.507 e. The van der Waals surface area contributed by atoms with Gasteiger partial charge in [-0.15, -0.1) is 0 Å². The Kier molecular flexibility index (Phi) is 6.80. The number of methoxy groups -OCH3 is 1. The van der Waals surface area contributed by atoms with Crippen LogP contribution in [-0.2, 0) is 6.42 Å². The largest absolute Gasteiger partial charge is 0.507 e. The van der Waals surface area contributed by atoms with E-state index in [4.69, 9.17) is 21.1 Å². The second-order valence-electron chi connectivity index (χ2n) is 8.98. The fourth-order valence-electron chi connectivity index (χ4n) is 4.82. The summed E-state index contributed by atoms with van der Waals surface area (Å²) in [4.78, 5) is 15.5. The predicted octanol–water partition coefficient (Wildman–Crippen LogP) is 5.94. The Bertz CT molecular complexity index is 1450. The molecule has 0 bridgehead atoms. The van der Waals surface area contributed by atoms with Crippen molar-refractivity contribution in [1.29, 1.82) is 0 Å². The zero-order valence-electron chi connectivity index (χ0n) is 20.9. The third kappa shape index (κ3) is 4.62. The summed E-state index contributed by atoms with van der Waals surface area (Å²) in [6.45, 7) is 4.78. The quantitative estimate of drug-likeness (QED) is 0.302. The Labute approximate surface area is 220 Å². The smallest absolute Gasteiger partial charge is 0.273 e. The lowest BCUT2D eigenvalue weighted by molar-refractivity contribution is 0.0745. The zero-order chi connectivity index (χ0) is 26.1. The van der Waals surface area contributed by atoms with E-state index in [9.17, 15) is 9.90 Å². The van der Waals surface area contributed by atoms with Crippen molar-refractivity contribution >= 4 is 17.5 Å². The molecule has 0 saturated heterocycles. The number of aryl methyl sites for hydroxylation is 1. The van der Waals surface area contributed by atoms with Gasteiger partial charge in [0.1, 0.15) is 28.6 Å². The SMILES string of the molecule is CCOc1cccc([C@@H]2c3c(-c4cc(Cl)c(C)cc4O)n[nH]c3C(=O)N2CCc2ccc(OC)cc2)c1. The van der Waals surface area contributed by atoms with Crippen LogP contribution in [0.5, 0.6) is 17.2 Å². The van der Waals surface area contributed by atoms with Gasteiger partial charge in [0.25, 0.3) is 5.91 Å². The number of nitrogens with zero attached hydrogens (tertiary/aromatic N) is 2. The van der Waals surface area contributed by atoms with Crippen molar-refractivity contribution in [2.75, 3.05) is 20.3 Å². The third-order valence-electron chi connectivity index (χ3n) is 6.68. The van der Waals surface area contributed by atoms with Crippen molar-refractivity contribution in [2.45, 2.75) is 26.3 Å². The highest BCUT2D eigenvalue weighted by Gasteiger charge is 2.42. The molecule has 190 valence electrons. The zero-order valence-corrected chi connectivity index (χ0v) is 21.7. The number of halogens is 1. The molecule has 3 aromatic carbocycles. The van der Waals surface area contributed by atoms with Crippen LogP contribution in [0.2, 0.25) is 5.02 Å². The number of H-pyrrole nitrogens is 1. The fraction of sp³-hybridized carbons (Fsp3) is 0.241. The summed E-state index contributed by atoms with van der Waals surface area (Å²) in [5.41, 5.74) is 4.84. The number of aromatic amines is 1. The summed E-state index contributed by atoms with van der Waals surface area (Å²) in [6.07, 6.45) is 0.659. The molecule has 1 aliphatic heterocycles. The molecule has 8 heteroatoms. The van der Waals surface area contributed by atoms with E-state index in [1.165, 1.54) is 0 Å². The summed E-state index contributed by atoms with van der Waals surface area (Å²) in [5.74, 6) is 1.42. The first-order valence-electron chi connectivity index (χ1n) is 12.2. The Morgan fingerprint density at radius 1 is 1.11 bits per heavy atom. The van der Waals surface area contributed by atoms with E-state index < -0.39 is 6.04 Å². The van der Waals surface area contributed by atoms with Gasteiger partial charge in [-0.05, 0) is 73.4 Å². The number of benzene rings is 3. The molecular formula is C29H28ClN3O4. The molecule has 37 heavy (non-hydrogen) atoms. The molecule has 0 saturated carbocycles. The van der Waals surface area contributed by atoms with Gasteiger partial charge < -0.3 is 19.5 Å². The number of nitrogens with one attached hydrogen (secondary N) is 1. The summed E-state index contributed by atoms with van der Waals surface area (Å²) in [6, 6.07) is 18.5. The normalized spacial score (nSPS) is 14.6. The van der Waals surface area contributed by atoms with Gasteiger partial charge in [-0.2, -0.15) is 5.10 Å². The Hall–Kier alpha value is -3.97. The second-order valence-corrected chi connectivity index (χ2v) is 9.39. The number of carbonyl (C=O) groups is 1. The van der Waals surface area contributed by atoms with E-state index in [0.29, 0.717) is 47.1 Å². The van der Waals surface area contributed by atoms with E-state index in [-0.39, 0.29) is 11.7 Å². The number of phenols is 1. The van der Waals surface area contributed by atoms with Crippen LogP contribution in [0.25, 0.3) is 11.3 Å². The van der Waals surface area contributed by atoms with Gasteiger partial charge >= 0.3 is 0 Å². The first-order valence-corrected chi connectivity index (χ1v) is 12.5. The number of amides is 1. The standard InChI is InChI=1S/C29H28ClN3O4/c1-4-37-21-7-5-6-19(15-21)28-25-26(22-16-23(30)17(2)14-24(22)34)31-32-27(25)29(35)33(28)13-12-18-8-10-20(36-3)11-9-18/h5-11,14-16,28,34H,4,12-13H2,1-3H3,(H,31,32)/t28-/m1/s1. The average Bonchev–Trinajstić information content (AvgIpc) is 3.44. The number of ether oxygens (including phenoxy) is 2. The van der Waals surface area contributed by atoms with Crippen molar-refractivity contribution in [3.8, 4) is 28.5 Å². The van der Waals surface area contributed by atoms with Crippen molar-refractivity contribution in [3.05, 3.63) is 93.6 Å². The molecule has 0 unspecified atom stereocenters. The Balaban J connectivity index is 1.58. The lowest BCUT2D eigenvalue weighted by Crippen LogP contribution is -2.31. The number of fused-ring (bicyclic) bond motifs is 1. The van der Waals surface area contributed by atoms with E-state index in [2.05, 4.69) is 10.2 Å². The molecule has 1 aliphatic rings. The van der Waals surface area contributed by atoms with Crippen molar-refractivity contribution in [3.63, 3.8) is 0 Å². The maximum atomic E-state index is 13.7. The topological polar surface area (TPSA) is 87.7 Å². The molecule has 1 aromatic heterocycles. The number of rotatable bonds is 8. The predicted molar refractivity (Wildman–Crippen MR) is 143 cm³/mol. The van der Waals surface area contributed by atoms with Crippen molar-refractivity contribution in [1.82, 2.24) is 15.1 Å². The molecule has 0 spiro atoms. The highest BCUT2D eigenvalue weighted by molar-refractivity contribution is 6.31. The minimum atomic E-state index is -0.422. The molecule has 7 nitrogen and oxygen atoms in total. The monoisotopic (exact) mass is 517 g/mol. The van der Waals surface area contributed by atoms with E-state index in [1.54, 1.807) is 19.2 Å². The molecule has 2 heterocycles. The van der Waals surface area contributed by atoms with Crippen LogP contribution in [0.15, 0.2) is 60.7 Å². The van der Waals surface area contributed by atoms with Crippen LogP contribution in [-0.4, -0.2) is 46.4 Å². The Morgan fingerprint density at radius 3 is 2.62 bits per heavy atom. The first-order chi connectivity index (χ1) is 17.9. The van der Waals surface area contributed by atoms with Crippen LogP contribution in [0.1, 0.15) is 45.7 Å². The van der Waals surface area contributed by atoms with Crippen molar-refractivity contribution in [2.24, 2.45) is 0 Å². The molecule has 4 aromatic rings. The Morgan fingerprint density at radius 2 is 1.89 bits per heavy atom. The maximum absolute atomic E-state index is 13.7. The van der Waals surface area contributed by atoms with Gasteiger partial charge in [-0.25, -0.2) is 0 Å². The van der Waals surface area contributed by atoms with Gasteiger partial charge in [0.05, 0.1) is 19.8 Å².